The zero-order valence-electron chi connectivity index (χ0n) is 17.1. The topological polar surface area (TPSA) is 15.6 Å². The van der Waals surface area contributed by atoms with Crippen LogP contribution in [0.4, 0.5) is 0 Å². The van der Waals surface area contributed by atoms with E-state index in [1.165, 1.54) is 29.7 Å². The van der Waals surface area contributed by atoms with Gasteiger partial charge in [0.1, 0.15) is 0 Å². The van der Waals surface area contributed by atoms with Gasteiger partial charge in [0, 0.05) is 22.6 Å². The third kappa shape index (κ3) is 3.82. The van der Waals surface area contributed by atoms with E-state index in [1.54, 1.807) is 0 Å². The molecule has 0 N–H and O–H groups in total. The van der Waals surface area contributed by atoms with E-state index in [1.807, 2.05) is 18.2 Å². The lowest BCUT2D eigenvalue weighted by Gasteiger charge is -2.49. The first-order valence-corrected chi connectivity index (χ1v) is 11.3. The molecule has 3 fully saturated rings. The van der Waals surface area contributed by atoms with E-state index in [2.05, 4.69) is 71.6 Å². The molecule has 3 heterocycles. The molecule has 3 heteroatoms. The molecule has 0 saturated carbocycles. The highest BCUT2D eigenvalue weighted by Crippen LogP contribution is 2.40. The van der Waals surface area contributed by atoms with Crippen molar-refractivity contribution in [3.8, 4) is 0 Å². The minimum absolute atomic E-state index is 0.292. The molecule has 6 rings (SSSR count). The second kappa shape index (κ2) is 8.75. The van der Waals surface area contributed by atoms with Crippen LogP contribution in [-0.2, 0) is 6.54 Å². The molecule has 0 amide bonds. The Morgan fingerprint density at radius 1 is 0.800 bits per heavy atom. The van der Waals surface area contributed by atoms with Crippen LogP contribution in [0.1, 0.15) is 35.4 Å². The molecule has 2 bridgehead atoms. The second-order valence-corrected chi connectivity index (χ2v) is 8.79. The summed E-state index contributed by atoms with van der Waals surface area (Å²) in [5, 5.41) is 0.808. The summed E-state index contributed by atoms with van der Waals surface area (Å²) in [5.41, 5.74) is 5.21. The Bertz CT molecular complexity index is 968. The smallest absolute Gasteiger partial charge is 0.0654 e. The molecule has 1 unspecified atom stereocenters. The number of fused-ring (bicyclic) bond motifs is 3. The SMILES string of the molecule is Clc1ccccc1C/N=C1\C2CCN(CC2)C1C(c1ccccc1)c1ccccc1. The van der Waals surface area contributed by atoms with E-state index >= 15 is 0 Å². The molecule has 152 valence electrons. The summed E-state index contributed by atoms with van der Waals surface area (Å²) in [5.74, 6) is 0.873. The highest BCUT2D eigenvalue weighted by molar-refractivity contribution is 6.31. The summed E-state index contributed by atoms with van der Waals surface area (Å²) in [7, 11) is 0. The van der Waals surface area contributed by atoms with Crippen LogP contribution in [0.15, 0.2) is 89.9 Å². The maximum absolute atomic E-state index is 6.43. The Labute approximate surface area is 184 Å². The van der Waals surface area contributed by atoms with Crippen molar-refractivity contribution >= 4 is 17.3 Å². The monoisotopic (exact) mass is 414 g/mol. The van der Waals surface area contributed by atoms with E-state index in [0.29, 0.717) is 24.4 Å². The largest absolute Gasteiger partial charge is 0.294 e. The van der Waals surface area contributed by atoms with Gasteiger partial charge in [-0.3, -0.25) is 9.89 Å². The molecule has 3 saturated heterocycles. The van der Waals surface area contributed by atoms with Crippen molar-refractivity contribution in [3.63, 3.8) is 0 Å². The molecular formula is C27H27ClN2. The van der Waals surface area contributed by atoms with Crippen LogP contribution in [0, 0.1) is 5.92 Å². The lowest BCUT2D eigenvalue weighted by molar-refractivity contribution is 0.135. The molecule has 0 aliphatic carbocycles. The first kappa shape index (κ1) is 19.5. The Hall–Kier alpha value is -2.42. The van der Waals surface area contributed by atoms with Crippen LogP contribution in [0.5, 0.6) is 0 Å². The van der Waals surface area contributed by atoms with E-state index in [-0.39, 0.29) is 0 Å². The van der Waals surface area contributed by atoms with Gasteiger partial charge in [0.25, 0.3) is 0 Å². The van der Waals surface area contributed by atoms with Crippen LogP contribution >= 0.6 is 11.6 Å². The summed E-state index contributed by atoms with van der Waals surface area (Å²) in [6, 6.07) is 30.3. The molecular weight excluding hydrogens is 388 g/mol. The van der Waals surface area contributed by atoms with Crippen LogP contribution in [0.3, 0.4) is 0 Å². The highest BCUT2D eigenvalue weighted by Gasteiger charge is 2.43. The first-order chi connectivity index (χ1) is 14.8. The second-order valence-electron chi connectivity index (χ2n) is 8.39. The fourth-order valence-electron chi connectivity index (χ4n) is 5.19. The van der Waals surface area contributed by atoms with E-state index in [4.69, 9.17) is 16.6 Å². The van der Waals surface area contributed by atoms with Crippen molar-refractivity contribution in [2.45, 2.75) is 31.3 Å². The van der Waals surface area contributed by atoms with Crippen molar-refractivity contribution in [1.29, 1.82) is 0 Å². The third-order valence-corrected chi connectivity index (χ3v) is 7.04. The number of hydrogen-bond donors (Lipinski definition) is 0. The number of halogens is 1. The van der Waals surface area contributed by atoms with Gasteiger partial charge in [0.05, 0.1) is 12.6 Å². The van der Waals surface area contributed by atoms with Gasteiger partial charge in [-0.05, 0) is 48.7 Å². The van der Waals surface area contributed by atoms with Crippen molar-refractivity contribution in [3.05, 3.63) is 107 Å². The maximum atomic E-state index is 6.43. The van der Waals surface area contributed by atoms with Crippen molar-refractivity contribution in [2.75, 3.05) is 13.1 Å². The van der Waals surface area contributed by atoms with Gasteiger partial charge in [0.15, 0.2) is 0 Å². The minimum Gasteiger partial charge on any atom is -0.294 e. The lowest BCUT2D eigenvalue weighted by Crippen LogP contribution is -2.58. The van der Waals surface area contributed by atoms with Crippen LogP contribution < -0.4 is 0 Å². The molecule has 1 atom stereocenters. The number of benzene rings is 3. The lowest BCUT2D eigenvalue weighted by atomic mass is 9.72. The molecule has 2 nitrogen and oxygen atoms in total. The predicted octanol–water partition coefficient (Wildman–Crippen LogP) is 6.21. The summed E-state index contributed by atoms with van der Waals surface area (Å²) in [6.45, 7) is 2.99. The molecule has 0 radical (unpaired) electrons. The molecule has 3 aromatic rings. The number of nitrogens with zero attached hydrogens (tertiary/aromatic N) is 2. The first-order valence-electron chi connectivity index (χ1n) is 10.9. The van der Waals surface area contributed by atoms with E-state index < -0.39 is 0 Å². The quantitative estimate of drug-likeness (QED) is 0.484. The number of hydrogen-bond acceptors (Lipinski definition) is 2. The average Bonchev–Trinajstić information content (AvgIpc) is 2.81. The maximum Gasteiger partial charge on any atom is 0.0654 e. The summed E-state index contributed by atoms with van der Waals surface area (Å²) in [6.07, 6.45) is 2.43. The van der Waals surface area contributed by atoms with Crippen molar-refractivity contribution in [1.82, 2.24) is 4.90 Å². The van der Waals surface area contributed by atoms with Gasteiger partial charge in [-0.15, -0.1) is 0 Å². The minimum atomic E-state index is 0.292. The van der Waals surface area contributed by atoms with Crippen LogP contribution in [0.25, 0.3) is 0 Å². The molecule has 0 spiro atoms. The molecule has 0 aromatic heterocycles. The van der Waals surface area contributed by atoms with Gasteiger partial charge in [-0.1, -0.05) is 90.5 Å². The van der Waals surface area contributed by atoms with Crippen molar-refractivity contribution < 1.29 is 0 Å². The Morgan fingerprint density at radius 2 is 1.37 bits per heavy atom. The normalized spacial score (nSPS) is 24.5. The zero-order chi connectivity index (χ0) is 20.3. The predicted molar refractivity (Wildman–Crippen MR) is 125 cm³/mol. The fraction of sp³-hybridized carbons (Fsp3) is 0.296. The van der Waals surface area contributed by atoms with Gasteiger partial charge in [0.2, 0.25) is 0 Å². The molecule has 30 heavy (non-hydrogen) atoms. The summed E-state index contributed by atoms with van der Waals surface area (Å²) in [4.78, 5) is 7.90. The van der Waals surface area contributed by atoms with Gasteiger partial charge in [-0.2, -0.15) is 0 Å². The van der Waals surface area contributed by atoms with Crippen LogP contribution in [0.2, 0.25) is 5.02 Å². The zero-order valence-corrected chi connectivity index (χ0v) is 17.9. The van der Waals surface area contributed by atoms with Crippen molar-refractivity contribution in [2.24, 2.45) is 10.9 Å². The summed E-state index contributed by atoms with van der Waals surface area (Å²) < 4.78 is 0. The standard InChI is InChI=1S/C27H27ClN2/c28-24-14-8-7-13-23(24)19-29-26-22-15-17-30(18-16-22)27(26)25(20-9-3-1-4-10-20)21-11-5-2-6-12-21/h1-14,22,25,27H,15-19H2/b29-26+. The van der Waals surface area contributed by atoms with Crippen LogP contribution in [-0.4, -0.2) is 29.7 Å². The number of piperidine rings is 3. The Balaban J connectivity index is 1.57. The Morgan fingerprint density at radius 3 is 1.97 bits per heavy atom. The molecule has 3 aromatic carbocycles. The van der Waals surface area contributed by atoms with E-state index in [9.17, 15) is 0 Å². The molecule has 3 aliphatic heterocycles. The average molecular weight is 415 g/mol. The number of rotatable bonds is 5. The van der Waals surface area contributed by atoms with Gasteiger partial charge in [-0.25, -0.2) is 0 Å². The van der Waals surface area contributed by atoms with Gasteiger partial charge < -0.3 is 0 Å². The highest BCUT2D eigenvalue weighted by atomic mass is 35.5. The van der Waals surface area contributed by atoms with Gasteiger partial charge >= 0.3 is 0 Å². The van der Waals surface area contributed by atoms with E-state index in [0.717, 1.165) is 23.7 Å². The molecule has 3 aliphatic rings. The third-order valence-electron chi connectivity index (χ3n) is 6.67. The Kier molecular flexibility index (Phi) is 5.70. The fourth-order valence-corrected chi connectivity index (χ4v) is 5.38. The number of aliphatic imine (C=N–C) groups is 1. The summed E-state index contributed by atoms with van der Waals surface area (Å²) >= 11 is 6.43.